The average molecular weight is 308 g/mol. The topological polar surface area (TPSA) is 32.5 Å². The van der Waals surface area contributed by atoms with E-state index in [2.05, 4.69) is 28.9 Å². The first kappa shape index (κ1) is 15.1. The summed E-state index contributed by atoms with van der Waals surface area (Å²) in [6.45, 7) is 6.71. The number of halogens is 1. The second-order valence-electron chi connectivity index (χ2n) is 6.40. The minimum atomic E-state index is 0.234. The number of nitrogens with two attached hydrogens (primary N) is 1. The van der Waals surface area contributed by atoms with Gasteiger partial charge in [0, 0.05) is 49.0 Å². The number of benzene rings is 1. The molecule has 1 unspecified atom stereocenters. The van der Waals surface area contributed by atoms with Gasteiger partial charge in [0.05, 0.1) is 0 Å². The molecule has 4 heteroatoms. The molecule has 1 heterocycles. The van der Waals surface area contributed by atoms with E-state index in [1.54, 1.807) is 0 Å². The molecule has 1 saturated heterocycles. The Kier molecular flexibility index (Phi) is 4.72. The lowest BCUT2D eigenvalue weighted by Crippen LogP contribution is -2.47. The van der Waals surface area contributed by atoms with Crippen molar-refractivity contribution in [1.82, 2.24) is 4.90 Å². The summed E-state index contributed by atoms with van der Waals surface area (Å²) in [5.74, 6) is 0. The Morgan fingerprint density at radius 3 is 2.57 bits per heavy atom. The van der Waals surface area contributed by atoms with E-state index in [0.29, 0.717) is 0 Å². The fourth-order valence-electron chi connectivity index (χ4n) is 3.20. The maximum Gasteiger partial charge on any atom is 0.0426 e. The number of hydrogen-bond donors (Lipinski definition) is 1. The van der Waals surface area contributed by atoms with Crippen LogP contribution in [-0.4, -0.2) is 43.2 Å². The molecule has 1 aromatic carbocycles. The first-order valence-corrected chi connectivity index (χ1v) is 8.58. The largest absolute Gasteiger partial charge is 0.369 e. The molecular formula is C17H26ClN3. The molecule has 0 bridgehead atoms. The van der Waals surface area contributed by atoms with Gasteiger partial charge in [-0.3, -0.25) is 4.90 Å². The molecule has 21 heavy (non-hydrogen) atoms. The van der Waals surface area contributed by atoms with Gasteiger partial charge in [-0.15, -0.1) is 0 Å². The number of nitrogens with zero attached hydrogens (tertiary/aromatic N) is 2. The highest BCUT2D eigenvalue weighted by molar-refractivity contribution is 6.30. The highest BCUT2D eigenvalue weighted by Crippen LogP contribution is 2.31. The molecule has 1 aliphatic heterocycles. The molecule has 1 aliphatic carbocycles. The normalized spacial score (nSPS) is 21.6. The molecule has 1 saturated carbocycles. The standard InChI is InChI=1S/C17H26ClN3/c1-2-15(19)11-13-3-4-14(18)12-17(13)21-9-7-20(8-10-21)16-5-6-16/h3-4,12,15-16H,2,5-11,19H2,1H3. The monoisotopic (exact) mass is 307 g/mol. The first-order valence-electron chi connectivity index (χ1n) is 8.20. The Hall–Kier alpha value is -0.770. The number of piperazine rings is 1. The zero-order valence-electron chi connectivity index (χ0n) is 12.9. The first-order chi connectivity index (χ1) is 10.2. The summed E-state index contributed by atoms with van der Waals surface area (Å²) in [6, 6.07) is 7.37. The number of anilines is 1. The molecule has 3 rings (SSSR count). The molecule has 0 radical (unpaired) electrons. The SMILES string of the molecule is CCC(N)Cc1ccc(Cl)cc1N1CCN(C2CC2)CC1. The molecular weight excluding hydrogens is 282 g/mol. The van der Waals surface area contributed by atoms with Gasteiger partial charge >= 0.3 is 0 Å². The van der Waals surface area contributed by atoms with E-state index in [-0.39, 0.29) is 6.04 Å². The van der Waals surface area contributed by atoms with Gasteiger partial charge in [0.25, 0.3) is 0 Å². The summed E-state index contributed by atoms with van der Waals surface area (Å²) in [5.41, 5.74) is 8.79. The van der Waals surface area contributed by atoms with Gasteiger partial charge in [0.1, 0.15) is 0 Å². The molecule has 2 aliphatic rings. The van der Waals surface area contributed by atoms with Crippen LogP contribution in [0.25, 0.3) is 0 Å². The summed E-state index contributed by atoms with van der Waals surface area (Å²) in [5, 5.41) is 0.823. The van der Waals surface area contributed by atoms with E-state index >= 15 is 0 Å². The van der Waals surface area contributed by atoms with Crippen molar-refractivity contribution < 1.29 is 0 Å². The van der Waals surface area contributed by atoms with Crippen LogP contribution in [0, 0.1) is 0 Å². The van der Waals surface area contributed by atoms with E-state index in [4.69, 9.17) is 17.3 Å². The minimum Gasteiger partial charge on any atom is -0.369 e. The second-order valence-corrected chi connectivity index (χ2v) is 6.84. The van der Waals surface area contributed by atoms with Crippen molar-refractivity contribution in [1.29, 1.82) is 0 Å². The van der Waals surface area contributed by atoms with Crippen LogP contribution in [0.5, 0.6) is 0 Å². The molecule has 2 fully saturated rings. The van der Waals surface area contributed by atoms with Crippen LogP contribution in [0.4, 0.5) is 5.69 Å². The maximum atomic E-state index is 6.23. The molecule has 0 amide bonds. The van der Waals surface area contributed by atoms with Crippen LogP contribution in [0.1, 0.15) is 31.7 Å². The van der Waals surface area contributed by atoms with Gasteiger partial charge in [-0.2, -0.15) is 0 Å². The quantitative estimate of drug-likeness (QED) is 0.908. The van der Waals surface area contributed by atoms with Crippen LogP contribution in [0.2, 0.25) is 5.02 Å². The van der Waals surface area contributed by atoms with Crippen molar-refractivity contribution in [3.8, 4) is 0 Å². The third-order valence-corrected chi connectivity index (χ3v) is 5.01. The summed E-state index contributed by atoms with van der Waals surface area (Å²) in [6.07, 6.45) is 4.74. The Balaban J connectivity index is 1.72. The van der Waals surface area contributed by atoms with Crippen LogP contribution in [-0.2, 0) is 6.42 Å². The molecule has 3 nitrogen and oxygen atoms in total. The van der Waals surface area contributed by atoms with Gasteiger partial charge in [0.15, 0.2) is 0 Å². The molecule has 0 aromatic heterocycles. The summed E-state index contributed by atoms with van der Waals surface area (Å²) in [4.78, 5) is 5.13. The van der Waals surface area contributed by atoms with Gasteiger partial charge in [-0.05, 0) is 43.4 Å². The van der Waals surface area contributed by atoms with Crippen LogP contribution in [0.15, 0.2) is 18.2 Å². The van der Waals surface area contributed by atoms with E-state index in [9.17, 15) is 0 Å². The highest BCUT2D eigenvalue weighted by atomic mass is 35.5. The molecule has 1 atom stereocenters. The molecule has 116 valence electrons. The van der Waals surface area contributed by atoms with E-state index in [0.717, 1.165) is 37.0 Å². The Bertz CT molecular complexity index is 479. The fraction of sp³-hybridized carbons (Fsp3) is 0.647. The average Bonchev–Trinajstić information content (AvgIpc) is 3.34. The lowest BCUT2D eigenvalue weighted by Gasteiger charge is -2.37. The second kappa shape index (κ2) is 6.55. The Morgan fingerprint density at radius 2 is 1.95 bits per heavy atom. The van der Waals surface area contributed by atoms with Crippen molar-refractivity contribution >= 4 is 17.3 Å². The number of rotatable bonds is 5. The van der Waals surface area contributed by atoms with Crippen molar-refractivity contribution in [3.63, 3.8) is 0 Å². The van der Waals surface area contributed by atoms with Crippen molar-refractivity contribution in [3.05, 3.63) is 28.8 Å². The summed E-state index contributed by atoms with van der Waals surface area (Å²) < 4.78 is 0. The van der Waals surface area contributed by atoms with Crippen LogP contribution < -0.4 is 10.6 Å². The van der Waals surface area contributed by atoms with Gasteiger partial charge < -0.3 is 10.6 Å². The molecule has 2 N–H and O–H groups in total. The predicted molar refractivity (Wildman–Crippen MR) is 90.2 cm³/mol. The van der Waals surface area contributed by atoms with Crippen molar-refractivity contribution in [2.24, 2.45) is 5.73 Å². The predicted octanol–water partition coefficient (Wildman–Crippen LogP) is 2.90. The van der Waals surface area contributed by atoms with Gasteiger partial charge in [-0.1, -0.05) is 24.6 Å². The summed E-state index contributed by atoms with van der Waals surface area (Å²) >= 11 is 6.23. The zero-order valence-corrected chi connectivity index (χ0v) is 13.6. The Morgan fingerprint density at radius 1 is 1.24 bits per heavy atom. The maximum absolute atomic E-state index is 6.23. The lowest BCUT2D eigenvalue weighted by molar-refractivity contribution is 0.248. The highest BCUT2D eigenvalue weighted by Gasteiger charge is 2.31. The van der Waals surface area contributed by atoms with E-state index in [1.807, 2.05) is 6.07 Å². The molecule has 0 spiro atoms. The third-order valence-electron chi connectivity index (χ3n) is 4.77. The summed E-state index contributed by atoms with van der Waals surface area (Å²) in [7, 11) is 0. The molecule has 1 aromatic rings. The van der Waals surface area contributed by atoms with E-state index < -0.39 is 0 Å². The van der Waals surface area contributed by atoms with Crippen LogP contribution in [0.3, 0.4) is 0 Å². The minimum absolute atomic E-state index is 0.234. The zero-order chi connectivity index (χ0) is 14.8. The fourth-order valence-corrected chi connectivity index (χ4v) is 3.36. The van der Waals surface area contributed by atoms with Crippen molar-refractivity contribution in [2.75, 3.05) is 31.1 Å². The van der Waals surface area contributed by atoms with Gasteiger partial charge in [-0.25, -0.2) is 0 Å². The smallest absolute Gasteiger partial charge is 0.0426 e. The van der Waals surface area contributed by atoms with Gasteiger partial charge in [0.2, 0.25) is 0 Å². The van der Waals surface area contributed by atoms with E-state index in [1.165, 1.54) is 37.2 Å². The third kappa shape index (κ3) is 3.71. The van der Waals surface area contributed by atoms with Crippen LogP contribution >= 0.6 is 11.6 Å². The number of hydrogen-bond acceptors (Lipinski definition) is 3. The lowest BCUT2D eigenvalue weighted by atomic mass is 10.0. The van der Waals surface area contributed by atoms with Crippen molar-refractivity contribution in [2.45, 2.75) is 44.7 Å². The Labute approximate surface area is 133 Å².